The molecule has 0 spiro atoms. The van der Waals surface area contributed by atoms with Crippen LogP contribution in [0, 0.1) is 6.92 Å². The van der Waals surface area contributed by atoms with Gasteiger partial charge >= 0.3 is 0 Å². The van der Waals surface area contributed by atoms with Gasteiger partial charge in [0.2, 0.25) is 5.88 Å². The molecule has 1 heterocycles. The number of aryl methyl sites for hydroxylation is 1. The highest BCUT2D eigenvalue weighted by atomic mass is 35.5. The summed E-state index contributed by atoms with van der Waals surface area (Å²) in [6.45, 7) is 5.57. The van der Waals surface area contributed by atoms with Crippen LogP contribution in [0.1, 0.15) is 23.7 Å². The summed E-state index contributed by atoms with van der Waals surface area (Å²) in [7, 11) is 0. The van der Waals surface area contributed by atoms with Crippen LogP contribution in [-0.2, 0) is 13.1 Å². The molecule has 136 valence electrons. The average Bonchev–Trinajstić information content (AvgIpc) is 2.65. The van der Waals surface area contributed by atoms with Gasteiger partial charge in [0.1, 0.15) is 0 Å². The van der Waals surface area contributed by atoms with E-state index >= 15 is 0 Å². The molecule has 1 atom stereocenters. The summed E-state index contributed by atoms with van der Waals surface area (Å²) in [4.78, 5) is 10.8. The molecule has 0 saturated heterocycles. The molecule has 2 aromatic carbocycles. The summed E-state index contributed by atoms with van der Waals surface area (Å²) in [5, 5.41) is 0. The van der Waals surface area contributed by atoms with Gasteiger partial charge in [0.05, 0.1) is 5.69 Å². The molecular formula is C21H24ClN3O. The van der Waals surface area contributed by atoms with Crippen LogP contribution in [0.4, 0.5) is 0 Å². The summed E-state index contributed by atoms with van der Waals surface area (Å²) in [6, 6.07) is 20.9. The summed E-state index contributed by atoms with van der Waals surface area (Å²) in [5.41, 5.74) is 3.31. The number of nitrogens with zero attached hydrogens (tertiary/aromatic N) is 3. The highest BCUT2D eigenvalue weighted by molar-refractivity contribution is 5.85. The Morgan fingerprint density at radius 3 is 1.85 bits per heavy atom. The molecule has 0 aliphatic heterocycles. The van der Waals surface area contributed by atoms with Crippen LogP contribution in [0.2, 0.25) is 0 Å². The molecule has 0 aliphatic carbocycles. The number of hydrogen-bond acceptors (Lipinski definition) is 4. The van der Waals surface area contributed by atoms with Gasteiger partial charge in [-0.15, -0.1) is 12.4 Å². The van der Waals surface area contributed by atoms with Crippen molar-refractivity contribution >= 4 is 12.4 Å². The largest absolute Gasteiger partial charge is 0.457 e. The van der Waals surface area contributed by atoms with Gasteiger partial charge in [0, 0.05) is 25.5 Å². The number of aromatic nitrogens is 2. The average molecular weight is 370 g/mol. The molecule has 1 unspecified atom stereocenters. The number of hydrogen-bond donors (Lipinski definition) is 0. The zero-order valence-corrected chi connectivity index (χ0v) is 15.9. The Morgan fingerprint density at radius 1 is 0.846 bits per heavy atom. The van der Waals surface area contributed by atoms with E-state index in [0.717, 1.165) is 18.8 Å². The van der Waals surface area contributed by atoms with Gasteiger partial charge < -0.3 is 4.74 Å². The van der Waals surface area contributed by atoms with Crippen molar-refractivity contribution in [2.24, 2.45) is 0 Å². The topological polar surface area (TPSA) is 38.3 Å². The fourth-order valence-electron chi connectivity index (χ4n) is 2.70. The first-order valence-corrected chi connectivity index (χ1v) is 8.48. The van der Waals surface area contributed by atoms with Crippen LogP contribution in [0.15, 0.2) is 73.1 Å². The predicted octanol–water partition coefficient (Wildman–Crippen LogP) is 4.63. The second-order valence-corrected chi connectivity index (χ2v) is 6.04. The Labute approximate surface area is 161 Å². The predicted molar refractivity (Wildman–Crippen MR) is 106 cm³/mol. The van der Waals surface area contributed by atoms with Gasteiger partial charge in [0.15, 0.2) is 6.23 Å². The number of halogens is 1. The lowest BCUT2D eigenvalue weighted by Gasteiger charge is -2.29. The highest BCUT2D eigenvalue weighted by Crippen LogP contribution is 2.18. The monoisotopic (exact) mass is 369 g/mol. The molecule has 26 heavy (non-hydrogen) atoms. The van der Waals surface area contributed by atoms with Crippen molar-refractivity contribution in [2.45, 2.75) is 33.2 Å². The SMILES string of the molecule is Cc1nccnc1OC(C)N(Cc1ccccc1)Cc1ccccc1.Cl. The van der Waals surface area contributed by atoms with Crippen LogP contribution in [0.25, 0.3) is 0 Å². The smallest absolute Gasteiger partial charge is 0.236 e. The third kappa shape index (κ3) is 5.55. The van der Waals surface area contributed by atoms with Gasteiger partial charge in [0.25, 0.3) is 0 Å². The Hall–Kier alpha value is -2.43. The fourth-order valence-corrected chi connectivity index (χ4v) is 2.70. The Balaban J connectivity index is 0.00000243. The van der Waals surface area contributed by atoms with E-state index in [1.165, 1.54) is 11.1 Å². The zero-order chi connectivity index (χ0) is 17.5. The maximum absolute atomic E-state index is 6.10. The second-order valence-electron chi connectivity index (χ2n) is 6.04. The Morgan fingerprint density at radius 2 is 1.35 bits per heavy atom. The quantitative estimate of drug-likeness (QED) is 0.569. The first kappa shape index (κ1) is 19.9. The molecule has 3 rings (SSSR count). The molecule has 0 bridgehead atoms. The summed E-state index contributed by atoms with van der Waals surface area (Å²) in [5.74, 6) is 0.584. The summed E-state index contributed by atoms with van der Waals surface area (Å²) >= 11 is 0. The summed E-state index contributed by atoms with van der Waals surface area (Å²) < 4.78 is 6.10. The van der Waals surface area contributed by atoms with Crippen molar-refractivity contribution in [1.82, 2.24) is 14.9 Å². The lowest BCUT2D eigenvalue weighted by Crippen LogP contribution is -2.36. The Bertz CT molecular complexity index is 742. The van der Waals surface area contributed by atoms with E-state index in [9.17, 15) is 0 Å². The van der Waals surface area contributed by atoms with Gasteiger partial charge in [-0.1, -0.05) is 60.7 Å². The van der Waals surface area contributed by atoms with Crippen LogP contribution < -0.4 is 4.74 Å². The van der Waals surface area contributed by atoms with Gasteiger partial charge in [-0.2, -0.15) is 0 Å². The normalized spacial score (nSPS) is 11.7. The molecular weight excluding hydrogens is 346 g/mol. The number of benzene rings is 2. The molecule has 4 nitrogen and oxygen atoms in total. The summed E-state index contributed by atoms with van der Waals surface area (Å²) in [6.07, 6.45) is 3.21. The van der Waals surface area contributed by atoms with Gasteiger partial charge in [-0.25, -0.2) is 4.98 Å². The molecule has 0 amide bonds. The number of rotatable bonds is 7. The van der Waals surface area contributed by atoms with E-state index in [-0.39, 0.29) is 18.6 Å². The minimum atomic E-state index is -0.129. The van der Waals surface area contributed by atoms with E-state index in [1.807, 2.05) is 19.1 Å². The molecule has 0 radical (unpaired) electrons. The van der Waals surface area contributed by atoms with Crippen molar-refractivity contribution < 1.29 is 4.74 Å². The van der Waals surface area contributed by atoms with E-state index in [1.54, 1.807) is 12.4 Å². The van der Waals surface area contributed by atoms with Crippen molar-refractivity contribution in [2.75, 3.05) is 0 Å². The van der Waals surface area contributed by atoms with Crippen molar-refractivity contribution in [1.29, 1.82) is 0 Å². The molecule has 5 heteroatoms. The third-order valence-corrected chi connectivity index (χ3v) is 4.09. The standard InChI is InChI=1S/C21H23N3O.ClH/c1-17-21(23-14-13-22-17)25-18(2)24(15-19-9-5-3-6-10-19)16-20-11-7-4-8-12-20;/h3-14,18H,15-16H2,1-2H3;1H. The molecule has 0 saturated carbocycles. The number of ether oxygens (including phenoxy) is 1. The van der Waals surface area contributed by atoms with Crippen LogP contribution in [0.5, 0.6) is 5.88 Å². The highest BCUT2D eigenvalue weighted by Gasteiger charge is 2.18. The van der Waals surface area contributed by atoms with Gasteiger partial charge in [-0.3, -0.25) is 9.88 Å². The maximum Gasteiger partial charge on any atom is 0.236 e. The second kappa shape index (κ2) is 9.90. The maximum atomic E-state index is 6.10. The van der Waals surface area contributed by atoms with Crippen molar-refractivity contribution in [3.05, 3.63) is 89.9 Å². The lowest BCUT2D eigenvalue weighted by molar-refractivity contribution is 0.0226. The molecule has 1 aromatic heterocycles. The first-order valence-electron chi connectivity index (χ1n) is 8.48. The first-order chi connectivity index (χ1) is 12.2. The van der Waals surface area contributed by atoms with Crippen molar-refractivity contribution in [3.63, 3.8) is 0 Å². The minimum absolute atomic E-state index is 0. The molecule has 3 aromatic rings. The van der Waals surface area contributed by atoms with Crippen LogP contribution in [0.3, 0.4) is 0 Å². The minimum Gasteiger partial charge on any atom is -0.457 e. The molecule has 0 aliphatic rings. The third-order valence-electron chi connectivity index (χ3n) is 4.09. The van der Waals surface area contributed by atoms with E-state index in [0.29, 0.717) is 5.88 Å². The van der Waals surface area contributed by atoms with E-state index in [4.69, 9.17) is 4.74 Å². The molecule has 0 fully saturated rings. The Kier molecular flexibility index (Phi) is 7.57. The van der Waals surface area contributed by atoms with Gasteiger partial charge in [-0.05, 0) is 25.0 Å². The zero-order valence-electron chi connectivity index (χ0n) is 15.1. The van der Waals surface area contributed by atoms with Crippen LogP contribution >= 0.6 is 12.4 Å². The van der Waals surface area contributed by atoms with E-state index in [2.05, 4.69) is 70.3 Å². The lowest BCUT2D eigenvalue weighted by atomic mass is 10.1. The van der Waals surface area contributed by atoms with E-state index < -0.39 is 0 Å². The van der Waals surface area contributed by atoms with Crippen molar-refractivity contribution in [3.8, 4) is 5.88 Å². The van der Waals surface area contributed by atoms with Crippen LogP contribution in [-0.4, -0.2) is 21.1 Å². The molecule has 0 N–H and O–H groups in total. The fraction of sp³-hybridized carbons (Fsp3) is 0.238.